The standard InChI is InChI=1S/C11H16N2O3/c1-11(2,3)16-10(15)13-8-4-5-12-9(6-8)7-14/h4-6,14H,7H2,1-3H3,(H,12,13,15). The molecule has 0 aliphatic heterocycles. The number of amides is 1. The maximum absolute atomic E-state index is 11.4. The third-order valence-electron chi connectivity index (χ3n) is 1.62. The fourth-order valence-corrected chi connectivity index (χ4v) is 1.06. The summed E-state index contributed by atoms with van der Waals surface area (Å²) in [5.41, 5.74) is 0.513. The monoisotopic (exact) mass is 224 g/mol. The van der Waals surface area contributed by atoms with E-state index >= 15 is 0 Å². The molecule has 1 rings (SSSR count). The zero-order chi connectivity index (χ0) is 12.2. The molecule has 1 amide bonds. The lowest BCUT2D eigenvalue weighted by atomic mass is 10.2. The summed E-state index contributed by atoms with van der Waals surface area (Å²) in [6, 6.07) is 3.22. The topological polar surface area (TPSA) is 71.5 Å². The van der Waals surface area contributed by atoms with Gasteiger partial charge in [0, 0.05) is 11.9 Å². The van der Waals surface area contributed by atoms with Gasteiger partial charge in [0.05, 0.1) is 12.3 Å². The van der Waals surface area contributed by atoms with Crippen LogP contribution in [-0.4, -0.2) is 21.8 Å². The maximum Gasteiger partial charge on any atom is 0.412 e. The van der Waals surface area contributed by atoms with Crippen molar-refractivity contribution in [2.75, 3.05) is 5.32 Å². The van der Waals surface area contributed by atoms with Crippen LogP contribution in [0.15, 0.2) is 18.3 Å². The van der Waals surface area contributed by atoms with Gasteiger partial charge < -0.3 is 9.84 Å². The van der Waals surface area contributed by atoms with E-state index in [1.54, 1.807) is 32.9 Å². The van der Waals surface area contributed by atoms with Crippen molar-refractivity contribution in [3.05, 3.63) is 24.0 Å². The molecular formula is C11H16N2O3. The molecule has 0 unspecified atom stereocenters. The first-order chi connectivity index (χ1) is 7.40. The van der Waals surface area contributed by atoms with Crippen molar-refractivity contribution in [1.82, 2.24) is 4.98 Å². The summed E-state index contributed by atoms with van der Waals surface area (Å²) in [5, 5.41) is 11.4. The van der Waals surface area contributed by atoms with Gasteiger partial charge in [-0.1, -0.05) is 0 Å². The minimum atomic E-state index is -0.531. The summed E-state index contributed by atoms with van der Waals surface area (Å²) < 4.78 is 5.08. The molecule has 5 nitrogen and oxygen atoms in total. The largest absolute Gasteiger partial charge is 0.444 e. The van der Waals surface area contributed by atoms with Crippen molar-refractivity contribution in [3.8, 4) is 0 Å². The molecule has 1 aromatic heterocycles. The average Bonchev–Trinajstić information content (AvgIpc) is 2.15. The van der Waals surface area contributed by atoms with Gasteiger partial charge in [-0.15, -0.1) is 0 Å². The van der Waals surface area contributed by atoms with E-state index in [0.717, 1.165) is 0 Å². The molecule has 88 valence electrons. The lowest BCUT2D eigenvalue weighted by molar-refractivity contribution is 0.0636. The molecule has 0 aliphatic rings. The highest BCUT2D eigenvalue weighted by molar-refractivity contribution is 5.84. The number of aliphatic hydroxyl groups excluding tert-OH is 1. The van der Waals surface area contributed by atoms with Crippen molar-refractivity contribution in [2.45, 2.75) is 33.0 Å². The van der Waals surface area contributed by atoms with Gasteiger partial charge in [0.2, 0.25) is 0 Å². The summed E-state index contributed by atoms with van der Waals surface area (Å²) >= 11 is 0. The molecule has 1 heterocycles. The Labute approximate surface area is 94.5 Å². The molecule has 0 aliphatic carbocycles. The number of hydrogen-bond donors (Lipinski definition) is 2. The zero-order valence-corrected chi connectivity index (χ0v) is 9.65. The van der Waals surface area contributed by atoms with Gasteiger partial charge in [-0.2, -0.15) is 0 Å². The first-order valence-corrected chi connectivity index (χ1v) is 4.96. The van der Waals surface area contributed by atoms with Crippen LogP contribution >= 0.6 is 0 Å². The second-order valence-corrected chi connectivity index (χ2v) is 4.32. The lowest BCUT2D eigenvalue weighted by Gasteiger charge is -2.19. The minimum absolute atomic E-state index is 0.163. The van der Waals surface area contributed by atoms with Gasteiger partial charge in [-0.25, -0.2) is 4.79 Å². The first kappa shape index (κ1) is 12.4. The Balaban J connectivity index is 2.62. The number of nitrogens with zero attached hydrogens (tertiary/aromatic N) is 1. The zero-order valence-electron chi connectivity index (χ0n) is 9.65. The van der Waals surface area contributed by atoms with Crippen LogP contribution in [0.5, 0.6) is 0 Å². The number of rotatable bonds is 2. The van der Waals surface area contributed by atoms with Gasteiger partial charge in [0.25, 0.3) is 0 Å². The van der Waals surface area contributed by atoms with Crippen LogP contribution in [0.3, 0.4) is 0 Å². The molecule has 0 aromatic carbocycles. The molecule has 0 saturated heterocycles. The molecule has 0 bridgehead atoms. The van der Waals surface area contributed by atoms with E-state index in [1.165, 1.54) is 6.20 Å². The first-order valence-electron chi connectivity index (χ1n) is 4.96. The fraction of sp³-hybridized carbons (Fsp3) is 0.455. The molecule has 2 N–H and O–H groups in total. The van der Waals surface area contributed by atoms with Crippen LogP contribution in [0.25, 0.3) is 0 Å². The number of nitrogens with one attached hydrogen (secondary N) is 1. The molecule has 0 atom stereocenters. The van der Waals surface area contributed by atoms with E-state index in [9.17, 15) is 4.79 Å². The van der Waals surface area contributed by atoms with Gasteiger partial charge in [0.15, 0.2) is 0 Å². The number of anilines is 1. The fourth-order valence-electron chi connectivity index (χ4n) is 1.06. The number of carbonyl (C=O) groups is 1. The van der Waals surface area contributed by atoms with Crippen molar-refractivity contribution in [1.29, 1.82) is 0 Å². The van der Waals surface area contributed by atoms with Gasteiger partial charge in [0.1, 0.15) is 5.60 Å². The number of carbonyl (C=O) groups excluding carboxylic acids is 1. The molecule has 16 heavy (non-hydrogen) atoms. The number of aromatic nitrogens is 1. The molecule has 5 heteroatoms. The van der Waals surface area contributed by atoms with E-state index in [-0.39, 0.29) is 6.61 Å². The van der Waals surface area contributed by atoms with E-state index in [2.05, 4.69) is 10.3 Å². The van der Waals surface area contributed by atoms with Crippen LogP contribution in [0, 0.1) is 0 Å². The van der Waals surface area contributed by atoms with Crippen molar-refractivity contribution < 1.29 is 14.6 Å². The highest BCUT2D eigenvalue weighted by Crippen LogP contribution is 2.12. The highest BCUT2D eigenvalue weighted by atomic mass is 16.6. The third-order valence-corrected chi connectivity index (χ3v) is 1.62. The lowest BCUT2D eigenvalue weighted by Crippen LogP contribution is -2.27. The van der Waals surface area contributed by atoms with E-state index in [4.69, 9.17) is 9.84 Å². The summed E-state index contributed by atoms with van der Waals surface area (Å²) in [5.74, 6) is 0. The van der Waals surface area contributed by atoms with Crippen molar-refractivity contribution in [2.24, 2.45) is 0 Å². The highest BCUT2D eigenvalue weighted by Gasteiger charge is 2.16. The molecule has 1 aromatic rings. The Kier molecular flexibility index (Phi) is 3.84. The summed E-state index contributed by atoms with van der Waals surface area (Å²) in [7, 11) is 0. The van der Waals surface area contributed by atoms with Crippen LogP contribution in [0.4, 0.5) is 10.5 Å². The predicted octanol–water partition coefficient (Wildman–Crippen LogP) is 1.92. The Hall–Kier alpha value is -1.62. The number of pyridine rings is 1. The predicted molar refractivity (Wildman–Crippen MR) is 60.0 cm³/mol. The van der Waals surface area contributed by atoms with Gasteiger partial charge >= 0.3 is 6.09 Å². The minimum Gasteiger partial charge on any atom is -0.444 e. The Morgan fingerprint density at radius 1 is 1.56 bits per heavy atom. The molecular weight excluding hydrogens is 208 g/mol. The normalized spacial score (nSPS) is 11.0. The molecule has 0 spiro atoms. The van der Waals surface area contributed by atoms with Crippen molar-refractivity contribution >= 4 is 11.8 Å². The van der Waals surface area contributed by atoms with E-state index in [0.29, 0.717) is 11.4 Å². The molecule has 0 radical (unpaired) electrons. The quantitative estimate of drug-likeness (QED) is 0.805. The second kappa shape index (κ2) is 4.94. The number of hydrogen-bond acceptors (Lipinski definition) is 4. The SMILES string of the molecule is CC(C)(C)OC(=O)Nc1ccnc(CO)c1. The van der Waals surface area contributed by atoms with Gasteiger partial charge in [-0.05, 0) is 32.9 Å². The van der Waals surface area contributed by atoms with Crippen LogP contribution < -0.4 is 5.32 Å². The average molecular weight is 224 g/mol. The summed E-state index contributed by atoms with van der Waals surface area (Å²) in [6.07, 6.45) is 0.987. The summed E-state index contributed by atoms with van der Waals surface area (Å²) in [6.45, 7) is 5.21. The van der Waals surface area contributed by atoms with Crippen LogP contribution in [0.1, 0.15) is 26.5 Å². The molecule has 0 saturated carbocycles. The molecule has 0 fully saturated rings. The van der Waals surface area contributed by atoms with Crippen LogP contribution in [0.2, 0.25) is 0 Å². The van der Waals surface area contributed by atoms with Crippen LogP contribution in [-0.2, 0) is 11.3 Å². The van der Waals surface area contributed by atoms with Gasteiger partial charge in [-0.3, -0.25) is 10.3 Å². The Bertz CT molecular complexity index is 372. The number of ether oxygens (including phenoxy) is 1. The maximum atomic E-state index is 11.4. The Morgan fingerprint density at radius 2 is 2.25 bits per heavy atom. The smallest absolute Gasteiger partial charge is 0.412 e. The van der Waals surface area contributed by atoms with Crippen molar-refractivity contribution in [3.63, 3.8) is 0 Å². The van der Waals surface area contributed by atoms with E-state index in [1.807, 2.05) is 0 Å². The number of aliphatic hydroxyl groups is 1. The second-order valence-electron chi connectivity index (χ2n) is 4.32. The summed E-state index contributed by atoms with van der Waals surface area (Å²) in [4.78, 5) is 15.3. The van der Waals surface area contributed by atoms with E-state index < -0.39 is 11.7 Å². The Morgan fingerprint density at radius 3 is 2.81 bits per heavy atom. The third kappa shape index (κ3) is 4.27.